The van der Waals surface area contributed by atoms with Crippen molar-refractivity contribution in [3.8, 4) is 11.5 Å². The molecule has 1 aliphatic heterocycles. The number of ketones is 1. The van der Waals surface area contributed by atoms with Gasteiger partial charge in [-0.15, -0.1) is 0 Å². The van der Waals surface area contributed by atoms with Gasteiger partial charge in [-0.05, 0) is 76.1 Å². The number of unbranched alkanes of at least 4 members (excludes halogenated alkanes) is 1. The zero-order valence-electron chi connectivity index (χ0n) is 23.9. The minimum atomic E-state index is -0.959. The van der Waals surface area contributed by atoms with E-state index in [2.05, 4.69) is 17.4 Å². The number of carbonyl (C=O) groups is 3. The normalized spacial score (nSPS) is 14.3. The van der Waals surface area contributed by atoms with Crippen LogP contribution in [0.5, 0.6) is 11.5 Å². The van der Waals surface area contributed by atoms with E-state index in [-0.39, 0.29) is 24.8 Å². The van der Waals surface area contributed by atoms with Crippen LogP contribution in [0.4, 0.5) is 4.79 Å². The fraction of sp³-hybridized carbons (Fsp3) is 0.516. The molecule has 1 saturated heterocycles. The summed E-state index contributed by atoms with van der Waals surface area (Å²) in [5.41, 5.74) is 1.52. The Balaban J connectivity index is 1.85. The summed E-state index contributed by atoms with van der Waals surface area (Å²) in [6.07, 6.45) is 3.25. The highest BCUT2D eigenvalue weighted by Gasteiger charge is 2.37. The van der Waals surface area contributed by atoms with Gasteiger partial charge < -0.3 is 29.5 Å². The molecule has 2 aromatic carbocycles. The van der Waals surface area contributed by atoms with Crippen molar-refractivity contribution in [3.05, 3.63) is 59.2 Å². The maximum absolute atomic E-state index is 13.7. The van der Waals surface area contributed by atoms with E-state index in [9.17, 15) is 19.5 Å². The molecule has 0 spiro atoms. The molecular weight excluding hydrogens is 512 g/mol. The number of ether oxygens (including phenoxy) is 3. The van der Waals surface area contributed by atoms with Crippen LogP contribution in [-0.2, 0) is 22.5 Å². The molecule has 1 heterocycles. The first-order chi connectivity index (χ1) is 19.3. The minimum Gasteiger partial charge on any atom is -0.493 e. The van der Waals surface area contributed by atoms with Crippen LogP contribution in [-0.4, -0.2) is 66.3 Å². The van der Waals surface area contributed by atoms with Gasteiger partial charge in [-0.25, -0.2) is 4.79 Å². The van der Waals surface area contributed by atoms with E-state index in [1.807, 2.05) is 32.0 Å². The van der Waals surface area contributed by atoms with Crippen LogP contribution in [0, 0.1) is 0 Å². The molecule has 218 valence electrons. The largest absolute Gasteiger partial charge is 0.493 e. The third-order valence-corrected chi connectivity index (χ3v) is 7.04. The molecular formula is C31H42N2O7. The minimum absolute atomic E-state index is 0.163. The summed E-state index contributed by atoms with van der Waals surface area (Å²) in [6.45, 7) is 7.42. The Morgan fingerprint density at radius 2 is 1.60 bits per heavy atom. The zero-order valence-corrected chi connectivity index (χ0v) is 23.9. The van der Waals surface area contributed by atoms with Crippen molar-refractivity contribution in [2.45, 2.75) is 71.4 Å². The maximum Gasteiger partial charge on any atom is 0.318 e. The second kappa shape index (κ2) is 15.3. The predicted octanol–water partition coefficient (Wildman–Crippen LogP) is 5.25. The SMILES string of the molecule is CCOc1cc(CN(CCCCc2ccccc2)C(=O)NC2(CC(=O)O)CCOCC2)cc(OCC)c1C(C)=O. The van der Waals surface area contributed by atoms with E-state index < -0.39 is 11.5 Å². The molecule has 0 saturated carbocycles. The standard InChI is InChI=1S/C31H42N2O7/c1-4-39-26-19-25(20-27(40-5-2)29(26)23(3)34)22-33(16-10-9-13-24-11-7-6-8-12-24)30(37)32-31(21-28(35)36)14-17-38-18-15-31/h6-8,11-12,19-20H,4-5,9-10,13-18,21-22H2,1-3H3,(H,32,37)(H,35,36). The van der Waals surface area contributed by atoms with Gasteiger partial charge in [0, 0.05) is 26.3 Å². The highest BCUT2D eigenvalue weighted by Crippen LogP contribution is 2.32. The van der Waals surface area contributed by atoms with E-state index in [0.717, 1.165) is 24.8 Å². The number of carboxylic acids is 1. The van der Waals surface area contributed by atoms with E-state index in [1.165, 1.54) is 12.5 Å². The Kier molecular flexibility index (Phi) is 11.8. The third-order valence-electron chi connectivity index (χ3n) is 7.04. The third kappa shape index (κ3) is 8.98. The van der Waals surface area contributed by atoms with Crippen LogP contribution < -0.4 is 14.8 Å². The fourth-order valence-corrected chi connectivity index (χ4v) is 5.07. The molecule has 0 bridgehead atoms. The average molecular weight is 555 g/mol. The lowest BCUT2D eigenvalue weighted by atomic mass is 9.86. The number of carboxylic acid groups (broad SMARTS) is 1. The first kappa shape index (κ1) is 30.9. The number of benzene rings is 2. The highest BCUT2D eigenvalue weighted by molar-refractivity contribution is 5.99. The second-order valence-electron chi connectivity index (χ2n) is 10.1. The summed E-state index contributed by atoms with van der Waals surface area (Å²) in [4.78, 5) is 39.5. The van der Waals surface area contributed by atoms with Crippen molar-refractivity contribution in [1.82, 2.24) is 10.2 Å². The van der Waals surface area contributed by atoms with Crippen LogP contribution in [0.1, 0.15) is 74.4 Å². The number of nitrogens with zero attached hydrogens (tertiary/aromatic N) is 1. The topological polar surface area (TPSA) is 114 Å². The number of hydrogen-bond acceptors (Lipinski definition) is 6. The Labute approximate surface area is 236 Å². The first-order valence-corrected chi connectivity index (χ1v) is 14.1. The fourth-order valence-electron chi connectivity index (χ4n) is 5.07. The smallest absolute Gasteiger partial charge is 0.318 e. The van der Waals surface area contributed by atoms with Gasteiger partial charge in [0.15, 0.2) is 5.78 Å². The van der Waals surface area contributed by atoms with Crippen molar-refractivity contribution < 1.29 is 33.7 Å². The Morgan fingerprint density at radius 3 is 2.15 bits per heavy atom. The van der Waals surface area contributed by atoms with Gasteiger partial charge in [-0.2, -0.15) is 0 Å². The van der Waals surface area contributed by atoms with Crippen molar-refractivity contribution in [2.24, 2.45) is 0 Å². The van der Waals surface area contributed by atoms with Crippen LogP contribution >= 0.6 is 0 Å². The number of nitrogens with one attached hydrogen (secondary N) is 1. The van der Waals surface area contributed by atoms with Crippen molar-refractivity contribution in [2.75, 3.05) is 33.0 Å². The number of Topliss-reactive ketones (excluding diaryl/α,β-unsaturated/α-hetero) is 1. The number of hydrogen-bond donors (Lipinski definition) is 2. The zero-order chi connectivity index (χ0) is 29.0. The summed E-state index contributed by atoms with van der Waals surface area (Å²) >= 11 is 0. The number of amides is 2. The van der Waals surface area contributed by atoms with E-state index in [4.69, 9.17) is 14.2 Å². The van der Waals surface area contributed by atoms with Gasteiger partial charge in [0.05, 0.1) is 25.2 Å². The van der Waals surface area contributed by atoms with Gasteiger partial charge in [0.25, 0.3) is 0 Å². The van der Waals surface area contributed by atoms with Crippen LogP contribution in [0.15, 0.2) is 42.5 Å². The van der Waals surface area contributed by atoms with Crippen molar-refractivity contribution in [3.63, 3.8) is 0 Å². The number of urea groups is 1. The highest BCUT2D eigenvalue weighted by atomic mass is 16.5. The van der Waals surface area contributed by atoms with E-state index >= 15 is 0 Å². The average Bonchev–Trinajstić information content (AvgIpc) is 2.91. The lowest BCUT2D eigenvalue weighted by Gasteiger charge is -2.38. The van der Waals surface area contributed by atoms with Crippen molar-refractivity contribution in [1.29, 1.82) is 0 Å². The van der Waals surface area contributed by atoms with Gasteiger partial charge in [-0.3, -0.25) is 9.59 Å². The first-order valence-electron chi connectivity index (χ1n) is 14.1. The molecule has 0 radical (unpaired) electrons. The summed E-state index contributed by atoms with van der Waals surface area (Å²) in [6, 6.07) is 13.4. The van der Waals surface area contributed by atoms with Crippen LogP contribution in [0.3, 0.4) is 0 Å². The number of aryl methyl sites for hydroxylation is 1. The van der Waals surface area contributed by atoms with Crippen LogP contribution in [0.25, 0.3) is 0 Å². The number of aliphatic carboxylic acids is 1. The van der Waals surface area contributed by atoms with Gasteiger partial charge in [0.2, 0.25) is 0 Å². The monoisotopic (exact) mass is 554 g/mol. The molecule has 9 heteroatoms. The molecule has 3 rings (SSSR count). The van der Waals surface area contributed by atoms with Crippen molar-refractivity contribution >= 4 is 17.8 Å². The molecule has 0 aliphatic carbocycles. The lowest BCUT2D eigenvalue weighted by Crippen LogP contribution is -2.56. The molecule has 0 atom stereocenters. The molecule has 40 heavy (non-hydrogen) atoms. The quantitative estimate of drug-likeness (QED) is 0.228. The van der Waals surface area contributed by atoms with Crippen LogP contribution in [0.2, 0.25) is 0 Å². The molecule has 0 unspecified atom stereocenters. The number of rotatable bonds is 15. The molecule has 2 aromatic rings. The maximum atomic E-state index is 13.7. The van der Waals surface area contributed by atoms with Gasteiger partial charge in [-0.1, -0.05) is 30.3 Å². The summed E-state index contributed by atoms with van der Waals surface area (Å²) in [5, 5.41) is 12.6. The molecule has 0 aromatic heterocycles. The predicted molar refractivity (Wildman–Crippen MR) is 152 cm³/mol. The summed E-state index contributed by atoms with van der Waals surface area (Å²) in [7, 11) is 0. The van der Waals surface area contributed by atoms with E-state index in [0.29, 0.717) is 62.9 Å². The molecule has 9 nitrogen and oxygen atoms in total. The second-order valence-corrected chi connectivity index (χ2v) is 10.1. The van der Waals surface area contributed by atoms with Gasteiger partial charge >= 0.3 is 12.0 Å². The van der Waals surface area contributed by atoms with Gasteiger partial charge in [0.1, 0.15) is 17.1 Å². The lowest BCUT2D eigenvalue weighted by molar-refractivity contribution is -0.139. The summed E-state index contributed by atoms with van der Waals surface area (Å²) in [5.74, 6) is -0.275. The Morgan fingerprint density at radius 1 is 0.975 bits per heavy atom. The number of carbonyl (C=O) groups excluding carboxylic acids is 2. The summed E-state index contributed by atoms with van der Waals surface area (Å²) < 4.78 is 17.1. The molecule has 2 amide bonds. The Hall–Kier alpha value is -3.59. The molecule has 1 fully saturated rings. The molecule has 2 N–H and O–H groups in total. The Bertz CT molecular complexity index is 1100. The molecule has 1 aliphatic rings. The van der Waals surface area contributed by atoms with E-state index in [1.54, 1.807) is 17.0 Å².